The average molecular weight is 344 g/mol. The van der Waals surface area contributed by atoms with E-state index in [9.17, 15) is 4.79 Å². The number of amides is 1. The van der Waals surface area contributed by atoms with E-state index < -0.39 is 11.7 Å². The summed E-state index contributed by atoms with van der Waals surface area (Å²) < 4.78 is 7.14. The lowest BCUT2D eigenvalue weighted by Crippen LogP contribution is -2.35. The zero-order valence-electron chi connectivity index (χ0n) is 10.8. The van der Waals surface area contributed by atoms with E-state index in [1.165, 1.54) is 11.3 Å². The van der Waals surface area contributed by atoms with Gasteiger partial charge in [-0.05, 0) is 39.0 Å². The monoisotopic (exact) mass is 343 g/mol. The van der Waals surface area contributed by atoms with Gasteiger partial charge >= 0.3 is 6.09 Å². The number of hydrogen-bond donors (Lipinski definition) is 2. The number of carbonyl (C=O) groups excluding carboxylic acids is 1. The first-order chi connectivity index (χ1) is 8.83. The van der Waals surface area contributed by atoms with Gasteiger partial charge in [-0.2, -0.15) is 0 Å². The maximum Gasteiger partial charge on any atom is 0.426 e. The van der Waals surface area contributed by atoms with E-state index in [-0.39, 0.29) is 0 Å². The van der Waals surface area contributed by atoms with E-state index in [1.54, 1.807) is 0 Å². The van der Waals surface area contributed by atoms with Gasteiger partial charge in [-0.3, -0.25) is 5.43 Å². The minimum Gasteiger partial charge on any atom is -0.443 e. The maximum atomic E-state index is 11.5. The number of halogens is 1. The zero-order valence-corrected chi connectivity index (χ0v) is 13.2. The summed E-state index contributed by atoms with van der Waals surface area (Å²) >= 11 is 4.85. The Morgan fingerprint density at radius 1 is 1.42 bits per heavy atom. The van der Waals surface area contributed by atoms with Crippen LogP contribution in [0.2, 0.25) is 0 Å². The van der Waals surface area contributed by atoms with E-state index in [1.807, 2.05) is 39.0 Å². The molecule has 2 aromatic rings. The molecule has 0 bridgehead atoms. The molecule has 0 fully saturated rings. The van der Waals surface area contributed by atoms with Crippen LogP contribution in [0.3, 0.4) is 0 Å². The minimum absolute atomic E-state index is 0.524. The third kappa shape index (κ3) is 4.07. The molecule has 0 saturated heterocycles. The molecule has 0 aliphatic rings. The second kappa shape index (κ2) is 5.34. The first-order valence-electron chi connectivity index (χ1n) is 5.64. The number of aromatic nitrogens is 1. The van der Waals surface area contributed by atoms with Gasteiger partial charge in [-0.1, -0.05) is 27.3 Å². The van der Waals surface area contributed by atoms with Crippen molar-refractivity contribution in [3.05, 3.63) is 22.7 Å². The molecule has 0 aliphatic carbocycles. The van der Waals surface area contributed by atoms with E-state index in [0.29, 0.717) is 5.13 Å². The van der Waals surface area contributed by atoms with Crippen molar-refractivity contribution in [2.45, 2.75) is 26.4 Å². The lowest BCUT2D eigenvalue weighted by atomic mass is 10.2. The Balaban J connectivity index is 2.00. The van der Waals surface area contributed by atoms with Gasteiger partial charge in [-0.25, -0.2) is 15.2 Å². The first kappa shape index (κ1) is 14.1. The fourth-order valence-electron chi connectivity index (χ4n) is 1.36. The fraction of sp³-hybridized carbons (Fsp3) is 0.333. The van der Waals surface area contributed by atoms with Gasteiger partial charge < -0.3 is 4.74 Å². The van der Waals surface area contributed by atoms with Crippen molar-refractivity contribution in [3.63, 3.8) is 0 Å². The van der Waals surface area contributed by atoms with Gasteiger partial charge in [0, 0.05) is 4.47 Å². The van der Waals surface area contributed by atoms with Crippen LogP contribution < -0.4 is 10.9 Å². The summed E-state index contributed by atoms with van der Waals surface area (Å²) in [4.78, 5) is 15.8. The molecule has 1 aromatic carbocycles. The Hall–Kier alpha value is -1.34. The van der Waals surface area contributed by atoms with Crippen molar-refractivity contribution >= 4 is 48.7 Å². The molecule has 2 N–H and O–H groups in total. The average Bonchev–Trinajstić information content (AvgIpc) is 2.66. The van der Waals surface area contributed by atoms with Crippen LogP contribution in [0, 0.1) is 0 Å². The topological polar surface area (TPSA) is 63.2 Å². The molecule has 102 valence electrons. The third-order valence-electron chi connectivity index (χ3n) is 2.02. The van der Waals surface area contributed by atoms with Crippen molar-refractivity contribution in [2.75, 3.05) is 5.43 Å². The number of hydrogen-bond acceptors (Lipinski definition) is 5. The molecule has 2 rings (SSSR count). The molecular formula is C12H14BrN3O2S. The SMILES string of the molecule is CC(C)(C)OC(=O)NNc1nc2ccc(Br)cc2s1. The Kier molecular flexibility index (Phi) is 3.96. The summed E-state index contributed by atoms with van der Waals surface area (Å²) in [5, 5.41) is 0.610. The van der Waals surface area contributed by atoms with Crippen LogP contribution >= 0.6 is 27.3 Å². The molecule has 0 atom stereocenters. The lowest BCUT2D eigenvalue weighted by Gasteiger charge is -2.19. The lowest BCUT2D eigenvalue weighted by molar-refractivity contribution is 0.0541. The number of rotatable bonds is 2. The first-order valence-corrected chi connectivity index (χ1v) is 7.25. The van der Waals surface area contributed by atoms with Gasteiger partial charge in [-0.15, -0.1) is 0 Å². The zero-order chi connectivity index (χ0) is 14.0. The predicted octanol–water partition coefficient (Wildman–Crippen LogP) is 3.91. The normalized spacial score (nSPS) is 11.4. The molecule has 5 nitrogen and oxygen atoms in total. The highest BCUT2D eigenvalue weighted by Gasteiger charge is 2.16. The molecule has 1 amide bonds. The van der Waals surface area contributed by atoms with Crippen molar-refractivity contribution < 1.29 is 9.53 Å². The summed E-state index contributed by atoms with van der Waals surface area (Å²) in [6.45, 7) is 5.42. The summed E-state index contributed by atoms with van der Waals surface area (Å²) in [6.07, 6.45) is -0.534. The molecule has 0 radical (unpaired) electrons. The second-order valence-electron chi connectivity index (χ2n) is 4.88. The second-order valence-corrected chi connectivity index (χ2v) is 6.83. The molecule has 19 heavy (non-hydrogen) atoms. The van der Waals surface area contributed by atoms with E-state index >= 15 is 0 Å². The van der Waals surface area contributed by atoms with Gasteiger partial charge in [0.25, 0.3) is 0 Å². The molecular weight excluding hydrogens is 330 g/mol. The Labute approximate surface area is 123 Å². The highest BCUT2D eigenvalue weighted by Crippen LogP contribution is 2.27. The Bertz CT molecular complexity index is 607. The number of fused-ring (bicyclic) bond motifs is 1. The summed E-state index contributed by atoms with van der Waals surface area (Å²) in [7, 11) is 0. The van der Waals surface area contributed by atoms with Crippen LogP contribution in [-0.4, -0.2) is 16.7 Å². The maximum absolute atomic E-state index is 11.5. The highest BCUT2D eigenvalue weighted by molar-refractivity contribution is 9.10. The minimum atomic E-state index is -0.534. The number of anilines is 1. The van der Waals surface area contributed by atoms with E-state index in [0.717, 1.165) is 14.7 Å². The molecule has 7 heteroatoms. The Morgan fingerprint density at radius 2 is 2.16 bits per heavy atom. The number of ether oxygens (including phenoxy) is 1. The summed E-state index contributed by atoms with van der Waals surface area (Å²) in [5.41, 5.74) is 5.55. The van der Waals surface area contributed by atoms with Crippen LogP contribution in [0.15, 0.2) is 22.7 Å². The predicted molar refractivity (Wildman–Crippen MR) is 80.3 cm³/mol. The summed E-state index contributed by atoms with van der Waals surface area (Å²) in [5.74, 6) is 0. The van der Waals surface area contributed by atoms with E-state index in [2.05, 4.69) is 31.8 Å². The molecule has 1 heterocycles. The number of benzene rings is 1. The number of thiazole rings is 1. The van der Waals surface area contributed by atoms with Gasteiger partial charge in [0.2, 0.25) is 5.13 Å². The molecule has 0 unspecified atom stereocenters. The van der Waals surface area contributed by atoms with Crippen molar-refractivity contribution in [2.24, 2.45) is 0 Å². The fourth-order valence-corrected chi connectivity index (χ4v) is 2.73. The van der Waals surface area contributed by atoms with Crippen LogP contribution in [0.1, 0.15) is 20.8 Å². The third-order valence-corrected chi connectivity index (χ3v) is 3.45. The quantitative estimate of drug-likeness (QED) is 0.811. The molecule has 1 aromatic heterocycles. The van der Waals surface area contributed by atoms with E-state index in [4.69, 9.17) is 4.74 Å². The van der Waals surface area contributed by atoms with Crippen molar-refractivity contribution in [3.8, 4) is 0 Å². The smallest absolute Gasteiger partial charge is 0.426 e. The molecule has 0 aliphatic heterocycles. The van der Waals surface area contributed by atoms with Gasteiger partial charge in [0.15, 0.2) is 0 Å². The summed E-state index contributed by atoms with van der Waals surface area (Å²) in [6, 6.07) is 5.81. The van der Waals surface area contributed by atoms with Gasteiger partial charge in [0.05, 0.1) is 10.2 Å². The van der Waals surface area contributed by atoms with Gasteiger partial charge in [0.1, 0.15) is 5.60 Å². The number of hydrazine groups is 1. The Morgan fingerprint density at radius 3 is 2.84 bits per heavy atom. The largest absolute Gasteiger partial charge is 0.443 e. The number of carbonyl (C=O) groups is 1. The van der Waals surface area contributed by atoms with Crippen LogP contribution in [0.25, 0.3) is 10.2 Å². The number of nitrogens with one attached hydrogen (secondary N) is 2. The standard InChI is InChI=1S/C12H14BrN3O2S/c1-12(2,3)18-11(17)16-15-10-14-8-5-4-7(13)6-9(8)19-10/h4-6H,1-3H3,(H,14,15)(H,16,17). The van der Waals surface area contributed by atoms with Crippen molar-refractivity contribution in [1.29, 1.82) is 0 Å². The van der Waals surface area contributed by atoms with Crippen LogP contribution in [0.4, 0.5) is 9.93 Å². The highest BCUT2D eigenvalue weighted by atomic mass is 79.9. The number of nitrogens with zero attached hydrogens (tertiary/aromatic N) is 1. The van der Waals surface area contributed by atoms with Crippen molar-refractivity contribution in [1.82, 2.24) is 10.4 Å². The molecule has 0 spiro atoms. The van der Waals surface area contributed by atoms with Crippen LogP contribution in [0.5, 0.6) is 0 Å². The van der Waals surface area contributed by atoms with Crippen LogP contribution in [-0.2, 0) is 4.74 Å². The molecule has 0 saturated carbocycles.